The van der Waals surface area contributed by atoms with Crippen LogP contribution in [0.25, 0.3) is 0 Å². The first-order valence-electron chi connectivity index (χ1n) is 5.16. The maximum atomic E-state index is 4.78. The van der Waals surface area contributed by atoms with Gasteiger partial charge in [-0.25, -0.2) is 0 Å². The van der Waals surface area contributed by atoms with Crippen LogP contribution in [-0.2, 0) is 6.54 Å². The van der Waals surface area contributed by atoms with Crippen LogP contribution in [-0.4, -0.2) is 36.2 Å². The van der Waals surface area contributed by atoms with Gasteiger partial charge in [0.1, 0.15) is 6.26 Å². The topological polar surface area (TPSA) is 41.3 Å². The Morgan fingerprint density at radius 3 is 3.14 bits per heavy atom. The summed E-state index contributed by atoms with van der Waals surface area (Å²) in [5.74, 6) is 0. The van der Waals surface area contributed by atoms with Gasteiger partial charge in [-0.2, -0.15) is 0 Å². The van der Waals surface area contributed by atoms with Gasteiger partial charge in [0, 0.05) is 31.7 Å². The molecule has 1 fully saturated rings. The van der Waals surface area contributed by atoms with Crippen molar-refractivity contribution in [2.45, 2.75) is 25.4 Å². The molecule has 1 aliphatic carbocycles. The van der Waals surface area contributed by atoms with E-state index in [0.717, 1.165) is 31.4 Å². The van der Waals surface area contributed by atoms with Gasteiger partial charge >= 0.3 is 0 Å². The second-order valence-corrected chi connectivity index (χ2v) is 3.96. The summed E-state index contributed by atoms with van der Waals surface area (Å²) < 4.78 is 4.78. The summed E-state index contributed by atoms with van der Waals surface area (Å²) in [7, 11) is 2.10. The standard InChI is InChI=1S/C10H17N3O/c1-13(6-5-11-9-2-3-9)8-10-4-7-14-12-10/h4,7,9,11H,2-3,5-6,8H2,1H3. The highest BCUT2D eigenvalue weighted by Gasteiger charge is 2.19. The zero-order chi connectivity index (χ0) is 9.80. The molecule has 1 N–H and O–H groups in total. The first-order chi connectivity index (χ1) is 6.84. The smallest absolute Gasteiger partial charge is 0.124 e. The van der Waals surface area contributed by atoms with Gasteiger partial charge in [-0.1, -0.05) is 5.16 Å². The first kappa shape index (κ1) is 9.68. The first-order valence-corrected chi connectivity index (χ1v) is 5.16. The third kappa shape index (κ3) is 3.12. The largest absolute Gasteiger partial charge is 0.364 e. The van der Waals surface area contributed by atoms with E-state index in [1.165, 1.54) is 12.8 Å². The molecule has 4 heteroatoms. The van der Waals surface area contributed by atoms with E-state index in [1.807, 2.05) is 6.07 Å². The Hall–Kier alpha value is -0.870. The number of nitrogens with one attached hydrogen (secondary N) is 1. The van der Waals surface area contributed by atoms with Crippen LogP contribution in [0.3, 0.4) is 0 Å². The van der Waals surface area contributed by atoms with E-state index < -0.39 is 0 Å². The van der Waals surface area contributed by atoms with Crippen LogP contribution in [0.1, 0.15) is 18.5 Å². The molecule has 2 rings (SSSR count). The second kappa shape index (κ2) is 4.57. The van der Waals surface area contributed by atoms with Crippen molar-refractivity contribution in [2.75, 3.05) is 20.1 Å². The highest BCUT2D eigenvalue weighted by molar-refractivity contribution is 4.94. The number of rotatable bonds is 6. The molecule has 0 aliphatic heterocycles. The summed E-state index contributed by atoms with van der Waals surface area (Å²) >= 11 is 0. The van der Waals surface area contributed by atoms with Crippen LogP contribution in [0.4, 0.5) is 0 Å². The Morgan fingerprint density at radius 1 is 1.64 bits per heavy atom. The number of hydrogen-bond acceptors (Lipinski definition) is 4. The van der Waals surface area contributed by atoms with E-state index in [0.29, 0.717) is 0 Å². The van der Waals surface area contributed by atoms with Gasteiger partial charge < -0.3 is 9.84 Å². The lowest BCUT2D eigenvalue weighted by Gasteiger charge is -2.14. The van der Waals surface area contributed by atoms with Crippen molar-refractivity contribution in [3.05, 3.63) is 18.0 Å². The maximum Gasteiger partial charge on any atom is 0.124 e. The fourth-order valence-corrected chi connectivity index (χ4v) is 1.42. The van der Waals surface area contributed by atoms with Crippen molar-refractivity contribution in [1.29, 1.82) is 0 Å². The molecule has 0 unspecified atom stereocenters. The Kier molecular flexibility index (Phi) is 3.16. The van der Waals surface area contributed by atoms with Gasteiger partial charge in [0.15, 0.2) is 0 Å². The SMILES string of the molecule is CN(CCNC1CC1)Cc1ccon1. The summed E-state index contributed by atoms with van der Waals surface area (Å²) in [5.41, 5.74) is 0.999. The van der Waals surface area contributed by atoms with Crippen molar-refractivity contribution in [2.24, 2.45) is 0 Å². The number of aromatic nitrogens is 1. The van der Waals surface area contributed by atoms with E-state index in [4.69, 9.17) is 4.52 Å². The van der Waals surface area contributed by atoms with Crippen molar-refractivity contribution < 1.29 is 4.52 Å². The zero-order valence-corrected chi connectivity index (χ0v) is 8.57. The van der Waals surface area contributed by atoms with Gasteiger partial charge in [0.25, 0.3) is 0 Å². The van der Waals surface area contributed by atoms with E-state index in [1.54, 1.807) is 6.26 Å². The average molecular weight is 195 g/mol. The molecule has 0 atom stereocenters. The molecule has 1 heterocycles. The molecule has 78 valence electrons. The third-order valence-corrected chi connectivity index (χ3v) is 2.43. The van der Waals surface area contributed by atoms with E-state index >= 15 is 0 Å². The Bertz CT molecular complexity index is 256. The zero-order valence-electron chi connectivity index (χ0n) is 8.57. The van der Waals surface area contributed by atoms with E-state index in [-0.39, 0.29) is 0 Å². The molecule has 4 nitrogen and oxygen atoms in total. The van der Waals surface area contributed by atoms with Crippen LogP contribution in [0.2, 0.25) is 0 Å². The van der Waals surface area contributed by atoms with Gasteiger partial charge in [0.05, 0.1) is 5.69 Å². The van der Waals surface area contributed by atoms with Crippen molar-refractivity contribution in [3.63, 3.8) is 0 Å². The van der Waals surface area contributed by atoms with Gasteiger partial charge in [0.2, 0.25) is 0 Å². The minimum Gasteiger partial charge on any atom is -0.364 e. The van der Waals surface area contributed by atoms with Crippen LogP contribution < -0.4 is 5.32 Å². The highest BCUT2D eigenvalue weighted by atomic mass is 16.5. The lowest BCUT2D eigenvalue weighted by Crippen LogP contribution is -2.30. The van der Waals surface area contributed by atoms with Gasteiger partial charge in [-0.15, -0.1) is 0 Å². The fraction of sp³-hybridized carbons (Fsp3) is 0.700. The molecule has 1 saturated carbocycles. The molecule has 1 aromatic rings. The van der Waals surface area contributed by atoms with Crippen molar-refractivity contribution >= 4 is 0 Å². The molecule has 1 aliphatic rings. The summed E-state index contributed by atoms with van der Waals surface area (Å²) in [5, 5.41) is 7.36. The molecule has 0 amide bonds. The number of likely N-dealkylation sites (N-methyl/N-ethyl adjacent to an activating group) is 1. The number of nitrogens with zero attached hydrogens (tertiary/aromatic N) is 2. The Morgan fingerprint density at radius 2 is 2.50 bits per heavy atom. The van der Waals surface area contributed by atoms with Crippen molar-refractivity contribution in [1.82, 2.24) is 15.4 Å². The molecule has 0 saturated heterocycles. The van der Waals surface area contributed by atoms with Crippen LogP contribution in [0.5, 0.6) is 0 Å². The summed E-state index contributed by atoms with van der Waals surface area (Å²) in [6.07, 6.45) is 4.33. The molecular weight excluding hydrogens is 178 g/mol. The van der Waals surface area contributed by atoms with Crippen LogP contribution >= 0.6 is 0 Å². The maximum absolute atomic E-state index is 4.78. The average Bonchev–Trinajstić information content (AvgIpc) is 2.83. The Balaban J connectivity index is 1.60. The van der Waals surface area contributed by atoms with Gasteiger partial charge in [-0.3, -0.25) is 4.90 Å². The monoisotopic (exact) mass is 195 g/mol. The predicted octanol–water partition coefficient (Wildman–Crippen LogP) is 0.858. The fourth-order valence-electron chi connectivity index (χ4n) is 1.42. The highest BCUT2D eigenvalue weighted by Crippen LogP contribution is 2.17. The lowest BCUT2D eigenvalue weighted by atomic mass is 10.4. The van der Waals surface area contributed by atoms with Gasteiger partial charge in [-0.05, 0) is 19.9 Å². The van der Waals surface area contributed by atoms with E-state index in [9.17, 15) is 0 Å². The lowest BCUT2D eigenvalue weighted by molar-refractivity contribution is 0.309. The molecule has 1 aromatic heterocycles. The summed E-state index contributed by atoms with van der Waals surface area (Å²) in [6.45, 7) is 2.99. The summed E-state index contributed by atoms with van der Waals surface area (Å²) in [6, 6.07) is 2.71. The molecule has 0 aromatic carbocycles. The normalized spacial score (nSPS) is 16.4. The third-order valence-electron chi connectivity index (χ3n) is 2.43. The molecule has 14 heavy (non-hydrogen) atoms. The van der Waals surface area contributed by atoms with Crippen molar-refractivity contribution in [3.8, 4) is 0 Å². The quantitative estimate of drug-likeness (QED) is 0.731. The molecule has 0 radical (unpaired) electrons. The Labute approximate surface area is 84.3 Å². The predicted molar refractivity (Wildman–Crippen MR) is 53.9 cm³/mol. The van der Waals surface area contributed by atoms with E-state index in [2.05, 4.69) is 22.4 Å². The second-order valence-electron chi connectivity index (χ2n) is 3.96. The number of hydrogen-bond donors (Lipinski definition) is 1. The van der Waals surface area contributed by atoms with Crippen LogP contribution in [0.15, 0.2) is 16.9 Å². The van der Waals surface area contributed by atoms with Crippen LogP contribution in [0, 0.1) is 0 Å². The minimum atomic E-state index is 0.801. The molecular formula is C10H17N3O. The summed E-state index contributed by atoms with van der Waals surface area (Å²) in [4.78, 5) is 2.24. The minimum absolute atomic E-state index is 0.801. The molecule has 0 bridgehead atoms. The molecule has 0 spiro atoms.